The van der Waals surface area contributed by atoms with Crippen molar-refractivity contribution in [2.45, 2.75) is 11.4 Å². The number of ether oxygens (including phenoxy) is 2. The van der Waals surface area contributed by atoms with Crippen LogP contribution in [0.1, 0.15) is 0 Å². The van der Waals surface area contributed by atoms with Crippen LogP contribution in [-0.2, 0) is 19.1 Å². The molecule has 1 aliphatic heterocycles. The number of halogens is 2. The summed E-state index contributed by atoms with van der Waals surface area (Å²) in [6.45, 7) is 0. The number of thioether (sulfide) groups is 1. The van der Waals surface area contributed by atoms with Crippen molar-refractivity contribution in [3.63, 3.8) is 0 Å². The third-order valence-electron chi connectivity index (χ3n) is 3.28. The number of nitrogens with zero attached hydrogens (tertiary/aromatic N) is 1. The van der Waals surface area contributed by atoms with Gasteiger partial charge in [-0.25, -0.2) is 14.4 Å². The zero-order chi connectivity index (χ0) is 17.9. The summed E-state index contributed by atoms with van der Waals surface area (Å²) in [6, 6.07) is 2.99. The first-order valence-corrected chi connectivity index (χ1v) is 8.51. The average molecular weight is 393 g/mol. The van der Waals surface area contributed by atoms with Gasteiger partial charge >= 0.3 is 18.0 Å². The van der Waals surface area contributed by atoms with E-state index in [1.54, 1.807) is 6.07 Å². The predicted molar refractivity (Wildman–Crippen MR) is 91.4 cm³/mol. The standard InChI is InChI=1S/C14H14Cl2N2O5S/c1-22-12(19)10-6-24-11(13(20)23-2)18(10)14(21)17-7-3-4-8(15)9(16)5-7/h3-5,10-11H,6H2,1-2H3,(H,17,21). The van der Waals surface area contributed by atoms with Gasteiger partial charge in [0.15, 0.2) is 5.37 Å². The maximum Gasteiger partial charge on any atom is 0.339 e. The van der Waals surface area contributed by atoms with Gasteiger partial charge in [0.25, 0.3) is 0 Å². The molecule has 0 aromatic heterocycles. The van der Waals surface area contributed by atoms with Gasteiger partial charge in [-0.3, -0.25) is 4.90 Å². The normalized spacial score (nSPS) is 19.8. The topological polar surface area (TPSA) is 84.9 Å². The number of nitrogens with one attached hydrogen (secondary N) is 1. The Hall–Kier alpha value is -1.64. The maximum absolute atomic E-state index is 12.6. The molecule has 130 valence electrons. The third kappa shape index (κ3) is 3.88. The van der Waals surface area contributed by atoms with Gasteiger partial charge in [0, 0.05) is 11.4 Å². The van der Waals surface area contributed by atoms with Crippen LogP contribution in [0.4, 0.5) is 10.5 Å². The quantitative estimate of drug-likeness (QED) is 0.795. The minimum absolute atomic E-state index is 0.223. The van der Waals surface area contributed by atoms with Crippen molar-refractivity contribution < 1.29 is 23.9 Å². The first-order valence-electron chi connectivity index (χ1n) is 6.70. The first-order chi connectivity index (χ1) is 11.4. The van der Waals surface area contributed by atoms with E-state index in [2.05, 4.69) is 10.1 Å². The van der Waals surface area contributed by atoms with Gasteiger partial charge in [0.05, 0.1) is 24.3 Å². The zero-order valence-electron chi connectivity index (χ0n) is 12.7. The Labute approximate surface area is 152 Å². The molecular formula is C14H14Cl2N2O5S. The third-order valence-corrected chi connectivity index (χ3v) is 5.26. The second-order valence-corrected chi connectivity index (χ2v) is 6.64. The summed E-state index contributed by atoms with van der Waals surface area (Å²) in [5.74, 6) is -1.02. The Morgan fingerprint density at radius 3 is 2.42 bits per heavy atom. The molecule has 0 saturated carbocycles. The molecule has 2 rings (SSSR count). The number of hydrogen-bond acceptors (Lipinski definition) is 6. The van der Waals surface area contributed by atoms with E-state index >= 15 is 0 Å². The fourth-order valence-corrected chi connectivity index (χ4v) is 3.71. The molecule has 0 bridgehead atoms. The Balaban J connectivity index is 2.24. The monoisotopic (exact) mass is 392 g/mol. The van der Waals surface area contributed by atoms with Gasteiger partial charge in [-0.1, -0.05) is 23.2 Å². The number of rotatable bonds is 3. The van der Waals surface area contributed by atoms with Gasteiger partial charge in [-0.05, 0) is 18.2 Å². The highest BCUT2D eigenvalue weighted by molar-refractivity contribution is 8.00. The molecule has 1 heterocycles. The number of urea groups is 1. The summed E-state index contributed by atoms with van der Waals surface area (Å²) in [6.07, 6.45) is 0. The highest BCUT2D eigenvalue weighted by Gasteiger charge is 2.46. The minimum atomic E-state index is -0.943. The lowest BCUT2D eigenvalue weighted by atomic mass is 10.3. The van der Waals surface area contributed by atoms with E-state index in [9.17, 15) is 14.4 Å². The van der Waals surface area contributed by atoms with Crippen molar-refractivity contribution in [3.8, 4) is 0 Å². The van der Waals surface area contributed by atoms with Crippen LogP contribution in [0.5, 0.6) is 0 Å². The number of amides is 2. The summed E-state index contributed by atoms with van der Waals surface area (Å²) in [5, 5.41) is 2.24. The summed E-state index contributed by atoms with van der Waals surface area (Å²) >= 11 is 12.9. The average Bonchev–Trinajstić information content (AvgIpc) is 3.01. The first kappa shape index (κ1) is 18.7. The molecular weight excluding hydrogens is 379 g/mol. The van der Waals surface area contributed by atoms with E-state index in [4.69, 9.17) is 27.9 Å². The number of benzene rings is 1. The lowest BCUT2D eigenvalue weighted by molar-refractivity contribution is -0.147. The maximum atomic E-state index is 12.6. The largest absolute Gasteiger partial charge is 0.467 e. The molecule has 2 atom stereocenters. The predicted octanol–water partition coefficient (Wildman–Crippen LogP) is 2.61. The Kier molecular flexibility index (Phi) is 6.20. The van der Waals surface area contributed by atoms with Crippen LogP contribution in [0.25, 0.3) is 0 Å². The summed E-state index contributed by atoms with van der Waals surface area (Å²) < 4.78 is 9.39. The van der Waals surface area contributed by atoms with Crippen LogP contribution in [0.15, 0.2) is 18.2 Å². The highest BCUT2D eigenvalue weighted by Crippen LogP contribution is 2.32. The molecule has 1 aromatic rings. The van der Waals surface area contributed by atoms with E-state index in [-0.39, 0.29) is 10.8 Å². The van der Waals surface area contributed by atoms with Crippen molar-refractivity contribution in [2.24, 2.45) is 0 Å². The molecule has 2 unspecified atom stereocenters. The molecule has 0 spiro atoms. The van der Waals surface area contributed by atoms with E-state index in [1.807, 2.05) is 0 Å². The molecule has 1 aromatic carbocycles. The number of methoxy groups -OCH3 is 2. The molecule has 1 aliphatic rings. The SMILES string of the molecule is COC(=O)C1CSC(C(=O)OC)N1C(=O)Nc1ccc(Cl)c(Cl)c1. The number of esters is 2. The van der Waals surface area contributed by atoms with Crippen molar-refractivity contribution in [2.75, 3.05) is 25.3 Å². The van der Waals surface area contributed by atoms with Crippen molar-refractivity contribution in [1.29, 1.82) is 0 Å². The van der Waals surface area contributed by atoms with E-state index in [0.29, 0.717) is 10.7 Å². The molecule has 10 heteroatoms. The van der Waals surface area contributed by atoms with E-state index in [1.165, 1.54) is 26.4 Å². The summed E-state index contributed by atoms with van der Waals surface area (Å²) in [7, 11) is 2.43. The second kappa shape index (κ2) is 7.96. The smallest absolute Gasteiger partial charge is 0.339 e. The van der Waals surface area contributed by atoms with E-state index < -0.39 is 29.4 Å². The minimum Gasteiger partial charge on any atom is -0.467 e. The van der Waals surface area contributed by atoms with E-state index in [0.717, 1.165) is 16.7 Å². The fourth-order valence-electron chi connectivity index (χ4n) is 2.12. The van der Waals surface area contributed by atoms with Crippen LogP contribution in [-0.4, -0.2) is 54.3 Å². The van der Waals surface area contributed by atoms with Crippen molar-refractivity contribution in [1.82, 2.24) is 4.90 Å². The Bertz CT molecular complexity index is 649. The van der Waals surface area contributed by atoms with Crippen LogP contribution in [0.2, 0.25) is 10.0 Å². The van der Waals surface area contributed by atoms with Gasteiger partial charge in [-0.2, -0.15) is 0 Å². The van der Waals surface area contributed by atoms with Crippen LogP contribution >= 0.6 is 35.0 Å². The van der Waals surface area contributed by atoms with Crippen molar-refractivity contribution in [3.05, 3.63) is 28.2 Å². The van der Waals surface area contributed by atoms with Crippen LogP contribution in [0.3, 0.4) is 0 Å². The molecule has 7 nitrogen and oxygen atoms in total. The van der Waals surface area contributed by atoms with Crippen molar-refractivity contribution >= 4 is 58.6 Å². The second-order valence-electron chi connectivity index (χ2n) is 4.71. The Morgan fingerprint density at radius 1 is 1.17 bits per heavy atom. The number of hydrogen-bond donors (Lipinski definition) is 1. The number of carbonyl (C=O) groups excluding carboxylic acids is 3. The summed E-state index contributed by atoms with van der Waals surface area (Å²) in [5.41, 5.74) is 0.374. The Morgan fingerprint density at radius 2 is 1.83 bits per heavy atom. The lowest BCUT2D eigenvalue weighted by Crippen LogP contribution is -2.50. The molecule has 0 aliphatic carbocycles. The molecule has 24 heavy (non-hydrogen) atoms. The molecule has 1 fully saturated rings. The lowest BCUT2D eigenvalue weighted by Gasteiger charge is -2.26. The van der Waals surface area contributed by atoms with Gasteiger partial charge in [0.1, 0.15) is 6.04 Å². The number of carbonyl (C=O) groups is 3. The summed E-state index contributed by atoms with van der Waals surface area (Å²) in [4.78, 5) is 37.5. The number of anilines is 1. The van der Waals surface area contributed by atoms with Gasteiger partial charge in [-0.15, -0.1) is 11.8 Å². The van der Waals surface area contributed by atoms with Gasteiger partial charge < -0.3 is 14.8 Å². The van der Waals surface area contributed by atoms with Gasteiger partial charge in [0.2, 0.25) is 0 Å². The molecule has 1 N–H and O–H groups in total. The molecule has 0 radical (unpaired) electrons. The van der Waals surface area contributed by atoms with Crippen LogP contribution < -0.4 is 5.32 Å². The molecule has 1 saturated heterocycles. The fraction of sp³-hybridized carbons (Fsp3) is 0.357. The molecule has 2 amide bonds. The zero-order valence-corrected chi connectivity index (χ0v) is 15.1. The highest BCUT2D eigenvalue weighted by atomic mass is 35.5. The van der Waals surface area contributed by atoms with Crippen LogP contribution in [0, 0.1) is 0 Å².